The zero-order valence-electron chi connectivity index (χ0n) is 8.58. The largest absolute Gasteiger partial charge is 0.388 e. The molecule has 0 amide bonds. The molecule has 0 heterocycles. The van der Waals surface area contributed by atoms with Crippen LogP contribution >= 0.6 is 11.6 Å². The standard InChI is InChI=1S/C11H15ClFNO/c1-2-7(6-14)11(15)9-5-8(12)3-4-10(9)13/h3-5,7,11,15H,2,6,14H2,1H3. The van der Waals surface area contributed by atoms with Gasteiger partial charge in [-0.25, -0.2) is 4.39 Å². The monoisotopic (exact) mass is 231 g/mol. The van der Waals surface area contributed by atoms with Crippen molar-refractivity contribution in [1.82, 2.24) is 0 Å². The summed E-state index contributed by atoms with van der Waals surface area (Å²) < 4.78 is 13.4. The molecule has 0 aliphatic carbocycles. The van der Waals surface area contributed by atoms with Gasteiger partial charge in [0.25, 0.3) is 0 Å². The van der Waals surface area contributed by atoms with Crippen molar-refractivity contribution in [3.8, 4) is 0 Å². The number of aliphatic hydroxyl groups excluding tert-OH is 1. The molecule has 0 radical (unpaired) electrons. The first-order valence-corrected chi connectivity index (χ1v) is 5.31. The molecule has 2 atom stereocenters. The zero-order valence-corrected chi connectivity index (χ0v) is 9.34. The Labute approximate surface area is 93.9 Å². The quantitative estimate of drug-likeness (QED) is 0.837. The molecule has 15 heavy (non-hydrogen) atoms. The molecule has 3 N–H and O–H groups in total. The summed E-state index contributed by atoms with van der Waals surface area (Å²) >= 11 is 5.74. The molecule has 0 bridgehead atoms. The van der Waals surface area contributed by atoms with Gasteiger partial charge in [0.2, 0.25) is 0 Å². The fraction of sp³-hybridized carbons (Fsp3) is 0.455. The molecule has 0 spiro atoms. The van der Waals surface area contributed by atoms with E-state index in [0.29, 0.717) is 18.0 Å². The van der Waals surface area contributed by atoms with Gasteiger partial charge in [0.05, 0.1) is 6.10 Å². The van der Waals surface area contributed by atoms with E-state index in [0.717, 1.165) is 0 Å². The topological polar surface area (TPSA) is 46.2 Å². The van der Waals surface area contributed by atoms with Gasteiger partial charge >= 0.3 is 0 Å². The van der Waals surface area contributed by atoms with Crippen LogP contribution in [0, 0.1) is 11.7 Å². The normalized spacial score (nSPS) is 15.0. The summed E-state index contributed by atoms with van der Waals surface area (Å²) in [5.41, 5.74) is 5.72. The smallest absolute Gasteiger partial charge is 0.129 e. The number of halogens is 2. The predicted molar refractivity (Wildman–Crippen MR) is 59.2 cm³/mol. The summed E-state index contributed by atoms with van der Waals surface area (Å²) in [5, 5.41) is 10.3. The van der Waals surface area contributed by atoms with Gasteiger partial charge in [-0.15, -0.1) is 0 Å². The maximum Gasteiger partial charge on any atom is 0.129 e. The van der Waals surface area contributed by atoms with Gasteiger partial charge in [-0.2, -0.15) is 0 Å². The molecular weight excluding hydrogens is 217 g/mol. The molecule has 2 unspecified atom stereocenters. The van der Waals surface area contributed by atoms with Crippen LogP contribution in [-0.2, 0) is 0 Å². The molecule has 0 saturated carbocycles. The average molecular weight is 232 g/mol. The number of hydrogen-bond donors (Lipinski definition) is 2. The van der Waals surface area contributed by atoms with Crippen LogP contribution in [0.3, 0.4) is 0 Å². The molecule has 4 heteroatoms. The Morgan fingerprint density at radius 2 is 2.20 bits per heavy atom. The number of benzene rings is 1. The molecule has 1 aromatic carbocycles. The molecule has 0 saturated heterocycles. The molecule has 2 nitrogen and oxygen atoms in total. The maximum absolute atomic E-state index is 13.4. The molecule has 0 aliphatic heterocycles. The molecule has 1 aromatic rings. The van der Waals surface area contributed by atoms with Crippen LogP contribution in [0.2, 0.25) is 5.02 Å². The lowest BCUT2D eigenvalue weighted by Crippen LogP contribution is -2.22. The molecule has 0 fully saturated rings. The van der Waals surface area contributed by atoms with Crippen LogP contribution in [0.25, 0.3) is 0 Å². The Balaban J connectivity index is 2.98. The first-order chi connectivity index (χ1) is 7.10. The summed E-state index contributed by atoms with van der Waals surface area (Å²) in [4.78, 5) is 0. The lowest BCUT2D eigenvalue weighted by Gasteiger charge is -2.20. The van der Waals surface area contributed by atoms with Crippen molar-refractivity contribution in [2.45, 2.75) is 19.4 Å². The van der Waals surface area contributed by atoms with E-state index >= 15 is 0 Å². The number of rotatable bonds is 4. The highest BCUT2D eigenvalue weighted by Gasteiger charge is 2.21. The molecule has 0 aromatic heterocycles. The van der Waals surface area contributed by atoms with E-state index in [1.54, 1.807) is 0 Å². The Morgan fingerprint density at radius 3 is 2.73 bits per heavy atom. The van der Waals surface area contributed by atoms with Crippen molar-refractivity contribution < 1.29 is 9.50 Å². The van der Waals surface area contributed by atoms with E-state index in [1.807, 2.05) is 6.92 Å². The minimum absolute atomic E-state index is 0.141. The molecule has 1 rings (SSSR count). The van der Waals surface area contributed by atoms with Gasteiger partial charge in [-0.05, 0) is 31.2 Å². The maximum atomic E-state index is 13.4. The molecular formula is C11H15ClFNO. The minimum Gasteiger partial charge on any atom is -0.388 e. The number of aliphatic hydroxyl groups is 1. The van der Waals surface area contributed by atoms with E-state index in [-0.39, 0.29) is 11.5 Å². The Kier molecular flexibility index (Phi) is 4.51. The minimum atomic E-state index is -0.890. The van der Waals surface area contributed by atoms with E-state index in [4.69, 9.17) is 17.3 Å². The highest BCUT2D eigenvalue weighted by atomic mass is 35.5. The summed E-state index contributed by atoms with van der Waals surface area (Å²) in [7, 11) is 0. The Bertz CT molecular complexity index is 328. The van der Waals surface area contributed by atoms with Crippen LogP contribution in [0.4, 0.5) is 4.39 Å². The van der Waals surface area contributed by atoms with Crippen LogP contribution in [0.15, 0.2) is 18.2 Å². The van der Waals surface area contributed by atoms with E-state index in [9.17, 15) is 9.50 Å². The van der Waals surface area contributed by atoms with Gasteiger partial charge < -0.3 is 10.8 Å². The van der Waals surface area contributed by atoms with Crippen LogP contribution in [0.1, 0.15) is 25.0 Å². The predicted octanol–water partition coefficient (Wildman–Crippen LogP) is 2.50. The second-order valence-corrected chi connectivity index (χ2v) is 3.95. The van der Waals surface area contributed by atoms with E-state index < -0.39 is 11.9 Å². The lowest BCUT2D eigenvalue weighted by molar-refractivity contribution is 0.106. The van der Waals surface area contributed by atoms with Crippen molar-refractivity contribution in [1.29, 1.82) is 0 Å². The number of nitrogens with two attached hydrogens (primary N) is 1. The Hall–Kier alpha value is -0.640. The average Bonchev–Trinajstić information content (AvgIpc) is 2.23. The third-order valence-electron chi connectivity index (χ3n) is 2.55. The SMILES string of the molecule is CCC(CN)C(O)c1cc(Cl)ccc1F. The van der Waals surface area contributed by atoms with Gasteiger partial charge in [0, 0.05) is 16.5 Å². The fourth-order valence-corrected chi connectivity index (χ4v) is 1.69. The van der Waals surface area contributed by atoms with Crippen LogP contribution < -0.4 is 5.73 Å². The van der Waals surface area contributed by atoms with E-state index in [2.05, 4.69) is 0 Å². The van der Waals surface area contributed by atoms with Crippen molar-refractivity contribution in [2.24, 2.45) is 11.7 Å². The van der Waals surface area contributed by atoms with Crippen LogP contribution in [-0.4, -0.2) is 11.7 Å². The van der Waals surface area contributed by atoms with Gasteiger partial charge in [-0.3, -0.25) is 0 Å². The summed E-state index contributed by atoms with van der Waals surface area (Å²) in [6.07, 6.45) is -0.192. The third-order valence-corrected chi connectivity index (χ3v) is 2.79. The second-order valence-electron chi connectivity index (χ2n) is 3.51. The van der Waals surface area contributed by atoms with E-state index in [1.165, 1.54) is 18.2 Å². The Morgan fingerprint density at radius 1 is 1.53 bits per heavy atom. The summed E-state index contributed by atoms with van der Waals surface area (Å²) in [5.74, 6) is -0.586. The van der Waals surface area contributed by atoms with Gasteiger partial charge in [0.1, 0.15) is 5.82 Å². The first kappa shape index (κ1) is 12.4. The van der Waals surface area contributed by atoms with Gasteiger partial charge in [0.15, 0.2) is 0 Å². The fourth-order valence-electron chi connectivity index (χ4n) is 1.51. The highest BCUT2D eigenvalue weighted by Crippen LogP contribution is 2.28. The molecule has 0 aliphatic rings. The lowest BCUT2D eigenvalue weighted by atomic mass is 9.93. The first-order valence-electron chi connectivity index (χ1n) is 4.93. The third kappa shape index (κ3) is 2.91. The van der Waals surface area contributed by atoms with Crippen LogP contribution in [0.5, 0.6) is 0 Å². The summed E-state index contributed by atoms with van der Waals surface area (Å²) in [6.45, 7) is 2.23. The molecule has 84 valence electrons. The summed E-state index contributed by atoms with van der Waals surface area (Å²) in [6, 6.07) is 4.15. The van der Waals surface area contributed by atoms with Gasteiger partial charge in [-0.1, -0.05) is 18.5 Å². The highest BCUT2D eigenvalue weighted by molar-refractivity contribution is 6.30. The zero-order chi connectivity index (χ0) is 11.4. The van der Waals surface area contributed by atoms with Crippen molar-refractivity contribution in [3.63, 3.8) is 0 Å². The second kappa shape index (κ2) is 5.45. The van der Waals surface area contributed by atoms with Crippen molar-refractivity contribution in [3.05, 3.63) is 34.6 Å². The van der Waals surface area contributed by atoms with Crippen molar-refractivity contribution in [2.75, 3.05) is 6.54 Å². The number of hydrogen-bond acceptors (Lipinski definition) is 2. The van der Waals surface area contributed by atoms with Crippen molar-refractivity contribution >= 4 is 11.6 Å².